The number of hydrogen-bond donors (Lipinski definition) is 0. The first-order valence-electron chi connectivity index (χ1n) is 11.8. The number of allylic oxidation sites excluding steroid dienone is 4. The Balaban J connectivity index is 1.58. The number of nitrogens with zero attached hydrogens (tertiary/aromatic N) is 2. The third-order valence-electron chi connectivity index (χ3n) is 7.96. The Morgan fingerprint density at radius 3 is 2.55 bits per heavy atom. The second-order valence-corrected chi connectivity index (χ2v) is 10.5. The van der Waals surface area contributed by atoms with Gasteiger partial charge < -0.3 is 4.90 Å². The second-order valence-electron chi connectivity index (χ2n) is 10.1. The van der Waals surface area contributed by atoms with E-state index in [4.69, 9.17) is 11.6 Å². The van der Waals surface area contributed by atoms with Crippen LogP contribution in [0.4, 0.5) is 11.4 Å². The molecular weight excluding hydrogens is 424 g/mol. The van der Waals surface area contributed by atoms with Crippen LogP contribution in [0.15, 0.2) is 78.5 Å². The summed E-state index contributed by atoms with van der Waals surface area (Å²) < 4.78 is 2.29. The minimum atomic E-state index is -0.0984. The van der Waals surface area contributed by atoms with Gasteiger partial charge in [-0.05, 0) is 67.8 Å². The van der Waals surface area contributed by atoms with E-state index in [2.05, 4.69) is 118 Å². The maximum atomic E-state index is 6.32. The summed E-state index contributed by atoms with van der Waals surface area (Å²) in [5.41, 5.74) is 7.74. The van der Waals surface area contributed by atoms with E-state index in [1.54, 1.807) is 0 Å². The van der Waals surface area contributed by atoms with E-state index in [-0.39, 0.29) is 10.8 Å². The number of likely N-dealkylation sites (N-methyl/N-ethyl adjacent to an activating group) is 1. The van der Waals surface area contributed by atoms with Gasteiger partial charge >= 0.3 is 0 Å². The van der Waals surface area contributed by atoms with Crippen molar-refractivity contribution in [2.45, 2.75) is 44.9 Å². The molecule has 1 unspecified atom stereocenters. The van der Waals surface area contributed by atoms with Crippen molar-refractivity contribution < 1.29 is 4.58 Å². The van der Waals surface area contributed by atoms with Crippen molar-refractivity contribution in [3.8, 4) is 0 Å². The van der Waals surface area contributed by atoms with Gasteiger partial charge in [-0.25, -0.2) is 0 Å². The number of fused-ring (bicyclic) bond motifs is 4. The van der Waals surface area contributed by atoms with Gasteiger partial charge in [0.25, 0.3) is 0 Å². The maximum Gasteiger partial charge on any atom is 0.209 e. The van der Waals surface area contributed by atoms with Crippen LogP contribution in [-0.2, 0) is 10.8 Å². The van der Waals surface area contributed by atoms with Gasteiger partial charge in [-0.2, -0.15) is 4.58 Å². The fourth-order valence-corrected chi connectivity index (χ4v) is 6.11. The third-order valence-corrected chi connectivity index (χ3v) is 8.19. The Morgan fingerprint density at radius 2 is 1.79 bits per heavy atom. The molecule has 2 aliphatic heterocycles. The van der Waals surface area contributed by atoms with Crippen molar-refractivity contribution in [3.05, 3.63) is 94.7 Å². The molecule has 3 heteroatoms. The lowest BCUT2D eigenvalue weighted by Gasteiger charge is -2.27. The summed E-state index contributed by atoms with van der Waals surface area (Å²) >= 11 is 6.32. The first kappa shape index (κ1) is 22.0. The average molecular weight is 456 g/mol. The summed E-state index contributed by atoms with van der Waals surface area (Å²) in [6.45, 7) is 9.24. The number of hydrogen-bond acceptors (Lipinski definition) is 1. The summed E-state index contributed by atoms with van der Waals surface area (Å²) in [6, 6.07) is 19.5. The molecule has 0 saturated heterocycles. The van der Waals surface area contributed by atoms with Crippen molar-refractivity contribution in [3.63, 3.8) is 0 Å². The Kier molecular flexibility index (Phi) is 5.06. The van der Waals surface area contributed by atoms with Crippen LogP contribution in [0.1, 0.15) is 45.2 Å². The minimum Gasteiger partial charge on any atom is -0.347 e. The molecule has 0 N–H and O–H groups in total. The Bertz CT molecular complexity index is 1380. The molecule has 5 rings (SSSR count). The molecule has 0 saturated carbocycles. The Labute approximate surface area is 202 Å². The highest BCUT2D eigenvalue weighted by atomic mass is 35.5. The molecule has 1 atom stereocenters. The molecule has 3 aromatic carbocycles. The molecule has 0 radical (unpaired) electrons. The van der Waals surface area contributed by atoms with Crippen LogP contribution in [0.2, 0.25) is 5.02 Å². The fraction of sp³-hybridized carbons (Fsp3) is 0.300. The van der Waals surface area contributed by atoms with E-state index in [0.29, 0.717) is 0 Å². The summed E-state index contributed by atoms with van der Waals surface area (Å²) in [5.74, 6) is 0. The fourth-order valence-electron chi connectivity index (χ4n) is 5.94. The van der Waals surface area contributed by atoms with Crippen molar-refractivity contribution in [1.29, 1.82) is 0 Å². The quantitative estimate of drug-likeness (QED) is 0.366. The van der Waals surface area contributed by atoms with E-state index in [1.165, 1.54) is 44.7 Å². The van der Waals surface area contributed by atoms with Crippen molar-refractivity contribution in [2.75, 3.05) is 19.0 Å². The Morgan fingerprint density at radius 1 is 1.03 bits per heavy atom. The van der Waals surface area contributed by atoms with Gasteiger partial charge in [-0.15, -0.1) is 0 Å². The molecule has 0 amide bonds. The second kappa shape index (κ2) is 7.60. The van der Waals surface area contributed by atoms with Crippen LogP contribution in [0.5, 0.6) is 0 Å². The van der Waals surface area contributed by atoms with Gasteiger partial charge in [0.1, 0.15) is 7.05 Å². The standard InChI is InChI=1S/C30H32ClN2/c1-7-30(4)27(33(6)25-17-15-20-11-8-9-12-22(20)28(25)30)14-10-13-26-29(2,3)23-19-21(31)16-18-24(23)32(26)5/h8-19H,7H2,1-6H3/q+1. The highest BCUT2D eigenvalue weighted by Gasteiger charge is 2.44. The molecule has 0 aliphatic carbocycles. The number of halogens is 1. The normalized spacial score (nSPS) is 22.6. The first-order chi connectivity index (χ1) is 15.7. The summed E-state index contributed by atoms with van der Waals surface area (Å²) in [5, 5.41) is 3.46. The van der Waals surface area contributed by atoms with E-state index < -0.39 is 0 Å². The predicted octanol–water partition coefficient (Wildman–Crippen LogP) is 7.76. The van der Waals surface area contributed by atoms with E-state index in [0.717, 1.165) is 11.4 Å². The van der Waals surface area contributed by atoms with Gasteiger partial charge in [-0.1, -0.05) is 54.9 Å². The van der Waals surface area contributed by atoms with Crippen LogP contribution in [-0.4, -0.2) is 24.4 Å². The zero-order valence-corrected chi connectivity index (χ0v) is 21.2. The average Bonchev–Trinajstić information content (AvgIpc) is 3.14. The molecule has 2 aliphatic rings. The van der Waals surface area contributed by atoms with E-state index >= 15 is 0 Å². The molecule has 2 nitrogen and oxygen atoms in total. The highest BCUT2D eigenvalue weighted by Crippen LogP contribution is 2.52. The Hall–Kier alpha value is -2.84. The van der Waals surface area contributed by atoms with E-state index in [9.17, 15) is 0 Å². The van der Waals surface area contributed by atoms with Crippen LogP contribution in [0.25, 0.3) is 10.8 Å². The van der Waals surface area contributed by atoms with Crippen LogP contribution in [0, 0.1) is 0 Å². The summed E-state index contributed by atoms with van der Waals surface area (Å²) in [4.78, 5) is 2.37. The monoisotopic (exact) mass is 455 g/mol. The molecule has 168 valence electrons. The largest absolute Gasteiger partial charge is 0.347 e. The van der Waals surface area contributed by atoms with Crippen molar-refractivity contribution in [1.82, 2.24) is 0 Å². The predicted molar refractivity (Wildman–Crippen MR) is 143 cm³/mol. The van der Waals surface area contributed by atoms with Gasteiger partial charge in [0.2, 0.25) is 5.69 Å². The first-order valence-corrected chi connectivity index (χ1v) is 12.1. The summed E-state index contributed by atoms with van der Waals surface area (Å²) in [6.07, 6.45) is 7.86. The zero-order valence-electron chi connectivity index (χ0n) is 20.4. The van der Waals surface area contributed by atoms with Gasteiger partial charge in [0.15, 0.2) is 5.71 Å². The van der Waals surface area contributed by atoms with Gasteiger partial charge in [0, 0.05) is 46.6 Å². The van der Waals surface area contributed by atoms with Crippen molar-refractivity contribution >= 4 is 39.5 Å². The molecule has 3 aromatic rings. The molecule has 0 aromatic heterocycles. The SMILES string of the molecule is CCC1(C)C(=CC=CC2=[N+](C)c3ccc(Cl)cc3C2(C)C)N(C)c2ccc3ccccc3c21. The molecule has 0 fully saturated rings. The van der Waals surface area contributed by atoms with Gasteiger partial charge in [-0.3, -0.25) is 0 Å². The van der Waals surface area contributed by atoms with Crippen LogP contribution >= 0.6 is 11.6 Å². The molecule has 0 bridgehead atoms. The lowest BCUT2D eigenvalue weighted by molar-refractivity contribution is -0.401. The lowest BCUT2D eigenvalue weighted by atomic mass is 9.77. The maximum absolute atomic E-state index is 6.32. The lowest BCUT2D eigenvalue weighted by Crippen LogP contribution is -2.27. The van der Waals surface area contributed by atoms with Crippen molar-refractivity contribution in [2.24, 2.45) is 0 Å². The highest BCUT2D eigenvalue weighted by molar-refractivity contribution is 6.30. The summed E-state index contributed by atoms with van der Waals surface area (Å²) in [7, 11) is 4.35. The number of benzene rings is 3. The van der Waals surface area contributed by atoms with Crippen LogP contribution in [0.3, 0.4) is 0 Å². The topological polar surface area (TPSA) is 6.25 Å². The smallest absolute Gasteiger partial charge is 0.209 e. The molecular formula is C30H32ClN2+. The van der Waals surface area contributed by atoms with Crippen LogP contribution < -0.4 is 4.90 Å². The molecule has 33 heavy (non-hydrogen) atoms. The third kappa shape index (κ3) is 3.11. The van der Waals surface area contributed by atoms with E-state index in [1.807, 2.05) is 6.07 Å². The molecule has 2 heterocycles. The van der Waals surface area contributed by atoms with Gasteiger partial charge in [0.05, 0.1) is 5.41 Å². The minimum absolute atomic E-state index is 0.0342. The zero-order chi connectivity index (χ0) is 23.5. The molecule has 0 spiro atoms. The number of anilines is 1. The number of rotatable bonds is 3.